The zero-order valence-electron chi connectivity index (χ0n) is 15.5. The van der Waals surface area contributed by atoms with E-state index in [1.165, 1.54) is 14.2 Å². The fourth-order valence-electron chi connectivity index (χ4n) is 3.17. The van der Waals surface area contributed by atoms with Crippen molar-refractivity contribution in [3.63, 3.8) is 0 Å². The van der Waals surface area contributed by atoms with Crippen molar-refractivity contribution in [3.05, 3.63) is 35.5 Å². The van der Waals surface area contributed by atoms with E-state index in [-0.39, 0.29) is 24.1 Å². The predicted molar refractivity (Wildman–Crippen MR) is 91.1 cm³/mol. The predicted octanol–water partition coefficient (Wildman–Crippen LogP) is 3.05. The number of likely N-dealkylation sites (tertiary alicyclic amines) is 1. The van der Waals surface area contributed by atoms with Gasteiger partial charge in [-0.3, -0.25) is 4.79 Å². The van der Waals surface area contributed by atoms with Crippen molar-refractivity contribution < 1.29 is 31.9 Å². The number of hydrogen-bond acceptors (Lipinski definition) is 6. The van der Waals surface area contributed by atoms with Gasteiger partial charge in [-0.15, -0.1) is 10.2 Å². The molecule has 0 bridgehead atoms. The van der Waals surface area contributed by atoms with Crippen molar-refractivity contribution in [1.29, 1.82) is 0 Å². The van der Waals surface area contributed by atoms with Crippen molar-refractivity contribution in [2.45, 2.75) is 31.4 Å². The van der Waals surface area contributed by atoms with Crippen LogP contribution in [0.1, 0.15) is 36.1 Å². The van der Waals surface area contributed by atoms with Crippen LogP contribution in [0.5, 0.6) is 11.5 Å². The molecule has 0 N–H and O–H groups in total. The van der Waals surface area contributed by atoms with Gasteiger partial charge in [-0.1, -0.05) is 6.07 Å². The normalized spacial score (nSPS) is 15.5. The summed E-state index contributed by atoms with van der Waals surface area (Å²) in [7, 11) is 3.06. The summed E-state index contributed by atoms with van der Waals surface area (Å²) in [6, 6.07) is 5.28. The Hall–Kier alpha value is -2.78. The van der Waals surface area contributed by atoms with Crippen molar-refractivity contribution in [2.75, 3.05) is 27.3 Å². The molecule has 3 rings (SSSR count). The van der Waals surface area contributed by atoms with E-state index in [1.54, 1.807) is 23.1 Å². The molecule has 2 heterocycles. The van der Waals surface area contributed by atoms with Crippen LogP contribution in [0, 0.1) is 0 Å². The Kier molecular flexibility index (Phi) is 5.76. The number of alkyl halides is 3. The Bertz CT molecular complexity index is 830. The second-order valence-corrected chi connectivity index (χ2v) is 6.46. The first-order valence-electron chi connectivity index (χ1n) is 8.71. The van der Waals surface area contributed by atoms with E-state index in [9.17, 15) is 18.0 Å². The molecule has 0 atom stereocenters. The first kappa shape index (κ1) is 20.0. The topological polar surface area (TPSA) is 77.7 Å². The fourth-order valence-corrected chi connectivity index (χ4v) is 3.17. The number of carbonyl (C=O) groups excluding carboxylic acids is 1. The molecule has 1 aromatic carbocycles. The molecular weight excluding hydrogens is 379 g/mol. The zero-order chi connectivity index (χ0) is 20.3. The molecule has 0 radical (unpaired) electrons. The monoisotopic (exact) mass is 399 g/mol. The first-order chi connectivity index (χ1) is 13.3. The average Bonchev–Trinajstić information content (AvgIpc) is 3.18. The lowest BCUT2D eigenvalue weighted by Crippen LogP contribution is -2.38. The van der Waals surface area contributed by atoms with E-state index in [0.29, 0.717) is 37.4 Å². The number of benzene rings is 1. The van der Waals surface area contributed by atoms with Crippen LogP contribution in [0.4, 0.5) is 13.2 Å². The number of nitrogens with zero attached hydrogens (tertiary/aromatic N) is 3. The Balaban J connectivity index is 1.57. The zero-order valence-corrected chi connectivity index (χ0v) is 15.5. The van der Waals surface area contributed by atoms with Crippen LogP contribution in [-0.4, -0.2) is 48.3 Å². The van der Waals surface area contributed by atoms with Crippen LogP contribution in [0.25, 0.3) is 0 Å². The van der Waals surface area contributed by atoms with Gasteiger partial charge in [-0.2, -0.15) is 13.2 Å². The van der Waals surface area contributed by atoms with Crippen LogP contribution >= 0.6 is 0 Å². The number of halogens is 3. The van der Waals surface area contributed by atoms with E-state index < -0.39 is 12.1 Å². The minimum absolute atomic E-state index is 0.0284. The number of amides is 1. The molecule has 1 aliphatic heterocycles. The van der Waals surface area contributed by atoms with Gasteiger partial charge < -0.3 is 18.8 Å². The Labute approximate surface area is 159 Å². The largest absolute Gasteiger partial charge is 0.493 e. The Morgan fingerprint density at radius 1 is 1.18 bits per heavy atom. The highest BCUT2D eigenvalue weighted by atomic mass is 19.4. The molecule has 28 heavy (non-hydrogen) atoms. The van der Waals surface area contributed by atoms with E-state index in [4.69, 9.17) is 13.9 Å². The van der Waals surface area contributed by atoms with Gasteiger partial charge in [0.25, 0.3) is 0 Å². The van der Waals surface area contributed by atoms with Crippen LogP contribution in [0.3, 0.4) is 0 Å². The number of methoxy groups -OCH3 is 2. The summed E-state index contributed by atoms with van der Waals surface area (Å²) in [6.45, 7) is 0.834. The molecule has 7 nitrogen and oxygen atoms in total. The molecule has 1 amide bonds. The quantitative estimate of drug-likeness (QED) is 0.769. The summed E-state index contributed by atoms with van der Waals surface area (Å²) in [4.78, 5) is 14.2. The van der Waals surface area contributed by atoms with Crippen molar-refractivity contribution >= 4 is 5.91 Å². The molecular formula is C18H20F3N3O4. The maximum atomic E-state index is 12.6. The van der Waals surface area contributed by atoms with Gasteiger partial charge in [0.05, 0.1) is 20.6 Å². The first-order valence-corrected chi connectivity index (χ1v) is 8.71. The molecule has 10 heteroatoms. The third kappa shape index (κ3) is 4.37. The lowest BCUT2D eigenvalue weighted by Gasteiger charge is -2.30. The molecule has 2 aromatic rings. The second-order valence-electron chi connectivity index (χ2n) is 6.46. The molecule has 1 aliphatic rings. The van der Waals surface area contributed by atoms with Crippen molar-refractivity contribution in [1.82, 2.24) is 15.1 Å². The standard InChI is InChI=1S/C18H20F3N3O4/c1-26-13-4-3-11(9-14(13)27-2)10-15(25)24-7-5-12(6-8-24)16-22-23-17(28-16)18(19,20)21/h3-4,9,12H,5-8,10H2,1-2H3. The van der Waals surface area contributed by atoms with Gasteiger partial charge in [0.15, 0.2) is 11.5 Å². The Morgan fingerprint density at radius 3 is 2.43 bits per heavy atom. The summed E-state index contributed by atoms with van der Waals surface area (Å²) in [5.41, 5.74) is 0.788. The van der Waals surface area contributed by atoms with Crippen molar-refractivity contribution in [3.8, 4) is 11.5 Å². The minimum atomic E-state index is -4.65. The van der Waals surface area contributed by atoms with Gasteiger partial charge in [0.1, 0.15) is 0 Å². The van der Waals surface area contributed by atoms with E-state index in [2.05, 4.69) is 10.2 Å². The van der Waals surface area contributed by atoms with E-state index in [1.807, 2.05) is 0 Å². The summed E-state index contributed by atoms with van der Waals surface area (Å²) in [6.07, 6.45) is -3.51. The van der Waals surface area contributed by atoms with Crippen LogP contribution in [0.15, 0.2) is 22.6 Å². The molecule has 0 spiro atoms. The van der Waals surface area contributed by atoms with Gasteiger partial charge in [0.2, 0.25) is 11.8 Å². The van der Waals surface area contributed by atoms with E-state index >= 15 is 0 Å². The molecule has 0 saturated carbocycles. The molecule has 1 aromatic heterocycles. The summed E-state index contributed by atoms with van der Waals surface area (Å²) in [5, 5.41) is 6.57. The number of ether oxygens (including phenoxy) is 2. The summed E-state index contributed by atoms with van der Waals surface area (Å²) >= 11 is 0. The lowest BCUT2D eigenvalue weighted by molar-refractivity contribution is -0.157. The second kappa shape index (κ2) is 8.07. The summed E-state index contributed by atoms with van der Waals surface area (Å²) < 4.78 is 52.9. The highest BCUT2D eigenvalue weighted by molar-refractivity contribution is 5.79. The van der Waals surface area contributed by atoms with Crippen LogP contribution in [-0.2, 0) is 17.4 Å². The number of rotatable bonds is 5. The smallest absolute Gasteiger partial charge is 0.470 e. The van der Waals surface area contributed by atoms with Crippen LogP contribution in [0.2, 0.25) is 0 Å². The maximum absolute atomic E-state index is 12.6. The highest BCUT2D eigenvalue weighted by Crippen LogP contribution is 2.33. The maximum Gasteiger partial charge on any atom is 0.470 e. The van der Waals surface area contributed by atoms with Gasteiger partial charge in [-0.25, -0.2) is 0 Å². The molecule has 1 fully saturated rings. The molecule has 1 saturated heterocycles. The van der Waals surface area contributed by atoms with Gasteiger partial charge in [-0.05, 0) is 30.5 Å². The van der Waals surface area contributed by atoms with Crippen molar-refractivity contribution in [2.24, 2.45) is 0 Å². The molecule has 0 unspecified atom stereocenters. The van der Waals surface area contributed by atoms with E-state index in [0.717, 1.165) is 5.56 Å². The summed E-state index contributed by atoms with van der Waals surface area (Å²) in [5.74, 6) is -0.588. The fraction of sp³-hybridized carbons (Fsp3) is 0.500. The van der Waals surface area contributed by atoms with Gasteiger partial charge in [0, 0.05) is 19.0 Å². The third-order valence-corrected chi connectivity index (χ3v) is 4.68. The number of carbonyl (C=O) groups is 1. The number of piperidine rings is 1. The molecule has 0 aliphatic carbocycles. The third-order valence-electron chi connectivity index (χ3n) is 4.68. The lowest BCUT2D eigenvalue weighted by atomic mass is 9.96. The van der Waals surface area contributed by atoms with Gasteiger partial charge >= 0.3 is 12.1 Å². The molecule has 152 valence electrons. The minimum Gasteiger partial charge on any atom is -0.493 e. The van der Waals surface area contributed by atoms with Crippen LogP contribution < -0.4 is 9.47 Å². The number of hydrogen-bond donors (Lipinski definition) is 0. The number of aromatic nitrogens is 2. The Morgan fingerprint density at radius 2 is 1.86 bits per heavy atom. The average molecular weight is 399 g/mol. The highest BCUT2D eigenvalue weighted by Gasteiger charge is 2.39. The SMILES string of the molecule is COc1ccc(CC(=O)N2CCC(c3nnc(C(F)(F)F)o3)CC2)cc1OC.